The molecule has 2 aromatic heterocycles. The van der Waals surface area contributed by atoms with E-state index in [1.165, 1.54) is 6.42 Å². The van der Waals surface area contributed by atoms with E-state index >= 15 is 0 Å². The van der Waals surface area contributed by atoms with Gasteiger partial charge >= 0.3 is 0 Å². The maximum absolute atomic E-state index is 5.68. The lowest BCUT2D eigenvalue weighted by Crippen LogP contribution is -2.14. The van der Waals surface area contributed by atoms with Crippen LogP contribution in [0.15, 0.2) is 18.3 Å². The highest BCUT2D eigenvalue weighted by atomic mass is 15.3. The molecule has 1 saturated heterocycles. The van der Waals surface area contributed by atoms with Crippen LogP contribution in [0.25, 0.3) is 5.65 Å². The smallest absolute Gasteiger partial charge is 0.168 e. The Morgan fingerprint density at radius 2 is 2.50 bits per heavy atom. The van der Waals surface area contributed by atoms with Gasteiger partial charge < -0.3 is 11.1 Å². The van der Waals surface area contributed by atoms with Crippen LogP contribution in [0.5, 0.6) is 0 Å². The Bertz CT molecular complexity index is 498. The van der Waals surface area contributed by atoms with E-state index in [4.69, 9.17) is 5.73 Å². The van der Waals surface area contributed by atoms with Crippen LogP contribution in [-0.4, -0.2) is 21.1 Å². The molecule has 3 rings (SSSR count). The van der Waals surface area contributed by atoms with Gasteiger partial charge in [-0.05, 0) is 25.5 Å². The predicted molar refractivity (Wildman–Crippen MR) is 60.9 cm³/mol. The maximum Gasteiger partial charge on any atom is 0.168 e. The van der Waals surface area contributed by atoms with Gasteiger partial charge in [0.1, 0.15) is 0 Å². The summed E-state index contributed by atoms with van der Waals surface area (Å²) in [4.78, 5) is 4.57. The van der Waals surface area contributed by atoms with E-state index in [1.807, 2.05) is 22.8 Å². The normalized spacial score (nSPS) is 20.7. The fourth-order valence-corrected chi connectivity index (χ4v) is 2.19. The van der Waals surface area contributed by atoms with Crippen molar-refractivity contribution in [3.63, 3.8) is 0 Å². The number of hydrogen-bond donors (Lipinski definition) is 2. The minimum atomic E-state index is 0.311. The van der Waals surface area contributed by atoms with Crippen molar-refractivity contribution in [2.45, 2.75) is 25.4 Å². The Hall–Kier alpha value is -1.46. The van der Waals surface area contributed by atoms with Crippen LogP contribution in [0.4, 0.5) is 0 Å². The van der Waals surface area contributed by atoms with Crippen molar-refractivity contribution in [3.8, 4) is 0 Å². The van der Waals surface area contributed by atoms with Crippen LogP contribution in [-0.2, 0) is 6.54 Å². The topological polar surface area (TPSA) is 68.2 Å². The third-order valence-electron chi connectivity index (χ3n) is 3.05. The Morgan fingerprint density at radius 3 is 3.25 bits per heavy atom. The van der Waals surface area contributed by atoms with E-state index in [1.54, 1.807) is 0 Å². The summed E-state index contributed by atoms with van der Waals surface area (Å²) in [7, 11) is 0. The molecule has 2 aromatic rings. The average Bonchev–Trinajstić information content (AvgIpc) is 2.96. The summed E-state index contributed by atoms with van der Waals surface area (Å²) in [6.07, 6.45) is 4.23. The Morgan fingerprint density at radius 1 is 1.56 bits per heavy atom. The number of rotatable bonds is 2. The highest BCUT2D eigenvalue weighted by molar-refractivity contribution is 5.46. The van der Waals surface area contributed by atoms with Crippen LogP contribution in [0, 0.1) is 0 Å². The zero-order chi connectivity index (χ0) is 11.0. The van der Waals surface area contributed by atoms with Gasteiger partial charge in [-0.2, -0.15) is 0 Å². The van der Waals surface area contributed by atoms with E-state index in [0.717, 1.165) is 30.0 Å². The van der Waals surface area contributed by atoms with Crippen molar-refractivity contribution in [1.29, 1.82) is 0 Å². The molecular weight excluding hydrogens is 202 g/mol. The second-order valence-corrected chi connectivity index (χ2v) is 4.12. The molecule has 84 valence electrons. The molecule has 0 bridgehead atoms. The van der Waals surface area contributed by atoms with Gasteiger partial charge in [-0.25, -0.2) is 9.50 Å². The number of aromatic nitrogens is 3. The van der Waals surface area contributed by atoms with Crippen molar-refractivity contribution in [1.82, 2.24) is 19.9 Å². The molecule has 0 amide bonds. The minimum absolute atomic E-state index is 0.311. The van der Waals surface area contributed by atoms with Gasteiger partial charge in [0, 0.05) is 18.3 Å². The molecule has 1 aliphatic heterocycles. The molecule has 5 nitrogen and oxygen atoms in total. The Labute approximate surface area is 93.7 Å². The maximum atomic E-state index is 5.68. The molecule has 16 heavy (non-hydrogen) atoms. The first-order valence-electron chi connectivity index (χ1n) is 5.66. The van der Waals surface area contributed by atoms with E-state index < -0.39 is 0 Å². The summed E-state index contributed by atoms with van der Waals surface area (Å²) in [6, 6.07) is 4.26. The third-order valence-corrected chi connectivity index (χ3v) is 3.05. The molecule has 0 radical (unpaired) electrons. The van der Waals surface area contributed by atoms with Gasteiger partial charge in [-0.1, -0.05) is 6.07 Å². The van der Waals surface area contributed by atoms with Crippen LogP contribution >= 0.6 is 0 Å². The fourth-order valence-electron chi connectivity index (χ4n) is 2.19. The molecule has 1 aliphatic rings. The largest absolute Gasteiger partial charge is 0.326 e. The Kier molecular flexibility index (Phi) is 2.34. The van der Waals surface area contributed by atoms with Crippen molar-refractivity contribution in [2.75, 3.05) is 6.54 Å². The molecule has 1 fully saturated rings. The van der Waals surface area contributed by atoms with Crippen LogP contribution in [0.1, 0.15) is 30.3 Å². The first kappa shape index (κ1) is 9.74. The molecule has 0 aliphatic carbocycles. The molecular formula is C11H15N5. The highest BCUT2D eigenvalue weighted by Gasteiger charge is 2.20. The van der Waals surface area contributed by atoms with Gasteiger partial charge in [0.15, 0.2) is 11.5 Å². The zero-order valence-corrected chi connectivity index (χ0v) is 9.06. The number of fused-ring (bicyclic) bond motifs is 1. The summed E-state index contributed by atoms with van der Waals surface area (Å²) in [5, 5.41) is 7.89. The van der Waals surface area contributed by atoms with Gasteiger partial charge in [-0.3, -0.25) is 0 Å². The first-order chi connectivity index (χ1) is 7.88. The van der Waals surface area contributed by atoms with E-state index in [-0.39, 0.29) is 0 Å². The van der Waals surface area contributed by atoms with Crippen LogP contribution < -0.4 is 11.1 Å². The summed E-state index contributed by atoms with van der Waals surface area (Å²) in [5.74, 6) is 0.887. The van der Waals surface area contributed by atoms with Crippen LogP contribution in [0.3, 0.4) is 0 Å². The summed E-state index contributed by atoms with van der Waals surface area (Å²) in [5.41, 5.74) is 7.61. The lowest BCUT2D eigenvalue weighted by molar-refractivity contribution is 0.604. The van der Waals surface area contributed by atoms with E-state index in [9.17, 15) is 0 Å². The average molecular weight is 217 g/mol. The highest BCUT2D eigenvalue weighted by Crippen LogP contribution is 2.21. The number of nitrogens with two attached hydrogens (primary N) is 1. The van der Waals surface area contributed by atoms with Crippen molar-refractivity contribution in [3.05, 3.63) is 29.7 Å². The second kappa shape index (κ2) is 3.84. The first-order valence-corrected chi connectivity index (χ1v) is 5.66. The monoisotopic (exact) mass is 217 g/mol. The Balaban J connectivity index is 2.07. The van der Waals surface area contributed by atoms with Gasteiger partial charge in [0.25, 0.3) is 0 Å². The number of pyridine rings is 1. The molecule has 5 heteroatoms. The summed E-state index contributed by atoms with van der Waals surface area (Å²) in [6.45, 7) is 1.56. The number of nitrogens with one attached hydrogen (secondary N) is 1. The molecule has 3 heterocycles. The van der Waals surface area contributed by atoms with Crippen molar-refractivity contribution < 1.29 is 0 Å². The van der Waals surface area contributed by atoms with Crippen molar-refractivity contribution in [2.24, 2.45) is 5.73 Å². The molecule has 0 saturated carbocycles. The lowest BCUT2D eigenvalue weighted by atomic mass is 10.2. The van der Waals surface area contributed by atoms with Gasteiger partial charge in [-0.15, -0.1) is 5.10 Å². The standard InChI is InChI=1S/C11H15N5/c12-7-8-3-2-6-16-11(8)14-10(15-16)9-4-1-5-13-9/h2-3,6,9,13H,1,4-5,7,12H2. The lowest BCUT2D eigenvalue weighted by Gasteiger charge is -2.02. The molecule has 1 atom stereocenters. The minimum Gasteiger partial charge on any atom is -0.326 e. The molecule has 1 unspecified atom stereocenters. The molecule has 0 aromatic carbocycles. The van der Waals surface area contributed by atoms with Crippen molar-refractivity contribution >= 4 is 5.65 Å². The molecule has 0 spiro atoms. The SMILES string of the molecule is NCc1cccn2nc(C3CCCN3)nc12. The third kappa shape index (κ3) is 1.48. The summed E-state index contributed by atoms with van der Waals surface area (Å²) < 4.78 is 1.82. The van der Waals surface area contributed by atoms with E-state index in [2.05, 4.69) is 15.4 Å². The quantitative estimate of drug-likeness (QED) is 0.773. The molecule has 3 N–H and O–H groups in total. The van der Waals surface area contributed by atoms with E-state index in [0.29, 0.717) is 12.6 Å². The number of nitrogens with zero attached hydrogens (tertiary/aromatic N) is 3. The second-order valence-electron chi connectivity index (χ2n) is 4.12. The fraction of sp³-hybridized carbons (Fsp3) is 0.455. The predicted octanol–water partition coefficient (Wildman–Crippen LogP) is 0.612. The van der Waals surface area contributed by atoms with Gasteiger partial charge in [0.05, 0.1) is 6.04 Å². The van der Waals surface area contributed by atoms with Crippen LogP contribution in [0.2, 0.25) is 0 Å². The number of hydrogen-bond acceptors (Lipinski definition) is 4. The zero-order valence-electron chi connectivity index (χ0n) is 9.06. The summed E-state index contributed by atoms with van der Waals surface area (Å²) >= 11 is 0. The van der Waals surface area contributed by atoms with Gasteiger partial charge in [0.2, 0.25) is 0 Å².